The molecule has 6 heteroatoms. The number of ketones is 1. The van der Waals surface area contributed by atoms with E-state index < -0.39 is 0 Å². The van der Waals surface area contributed by atoms with Crippen LogP contribution in [0.3, 0.4) is 0 Å². The number of nitrogens with one attached hydrogen (secondary N) is 3. The second-order valence-electron chi connectivity index (χ2n) is 6.33. The quantitative estimate of drug-likeness (QED) is 0.670. The van der Waals surface area contributed by atoms with Gasteiger partial charge in [0.05, 0.1) is 12.1 Å². The van der Waals surface area contributed by atoms with Gasteiger partial charge in [0.25, 0.3) is 5.91 Å². The highest BCUT2D eigenvalue weighted by Gasteiger charge is 2.24. The first kappa shape index (κ1) is 17.7. The number of anilines is 2. The minimum absolute atomic E-state index is 0.0119. The summed E-state index contributed by atoms with van der Waals surface area (Å²) in [6.07, 6.45) is 2.03. The summed E-state index contributed by atoms with van der Waals surface area (Å²) in [5, 5.41) is 8.69. The lowest BCUT2D eigenvalue weighted by Crippen LogP contribution is -2.27. The molecular formula is C20H21N3O3. The van der Waals surface area contributed by atoms with Crippen LogP contribution in [-0.2, 0) is 4.79 Å². The minimum Gasteiger partial charge on any atom is -0.376 e. The van der Waals surface area contributed by atoms with Gasteiger partial charge in [0, 0.05) is 23.0 Å². The predicted molar refractivity (Wildman–Crippen MR) is 100 cm³/mol. The maximum Gasteiger partial charge on any atom is 0.253 e. The maximum absolute atomic E-state index is 12.3. The Hall–Kier alpha value is -3.15. The molecule has 2 aromatic carbocycles. The molecule has 0 aromatic heterocycles. The van der Waals surface area contributed by atoms with Crippen molar-refractivity contribution < 1.29 is 14.4 Å². The molecule has 0 radical (unpaired) electrons. The molecule has 2 amide bonds. The average molecular weight is 351 g/mol. The van der Waals surface area contributed by atoms with Gasteiger partial charge in [-0.15, -0.1) is 0 Å². The fourth-order valence-electron chi connectivity index (χ4n) is 2.52. The van der Waals surface area contributed by atoms with Gasteiger partial charge in [0.15, 0.2) is 5.78 Å². The Morgan fingerprint density at radius 3 is 2.54 bits per heavy atom. The number of benzene rings is 2. The van der Waals surface area contributed by atoms with E-state index >= 15 is 0 Å². The van der Waals surface area contributed by atoms with E-state index in [0.29, 0.717) is 22.5 Å². The summed E-state index contributed by atoms with van der Waals surface area (Å²) in [5.74, 6) is -0.455. The van der Waals surface area contributed by atoms with Crippen LogP contribution in [0, 0.1) is 0 Å². The molecule has 1 fully saturated rings. The van der Waals surface area contributed by atoms with Gasteiger partial charge in [-0.2, -0.15) is 0 Å². The van der Waals surface area contributed by atoms with E-state index in [0.717, 1.165) is 12.8 Å². The minimum atomic E-state index is -0.261. The normalized spacial score (nSPS) is 13.0. The largest absolute Gasteiger partial charge is 0.376 e. The Balaban J connectivity index is 1.60. The summed E-state index contributed by atoms with van der Waals surface area (Å²) in [7, 11) is 0. The smallest absolute Gasteiger partial charge is 0.253 e. The standard InChI is InChI=1S/C20H21N3O3/c1-13(24)14-5-4-6-16(11-14)22-19(25)12-21-18-8-3-2-7-17(18)20(26)23-15-9-10-15/h2-8,11,15,21H,9-10,12H2,1H3,(H,22,25)(H,23,26). The van der Waals surface area contributed by atoms with E-state index in [9.17, 15) is 14.4 Å². The van der Waals surface area contributed by atoms with Crippen molar-refractivity contribution in [2.24, 2.45) is 0 Å². The molecule has 1 aliphatic carbocycles. The highest BCUT2D eigenvalue weighted by molar-refractivity contribution is 6.01. The van der Waals surface area contributed by atoms with E-state index in [2.05, 4.69) is 16.0 Å². The molecule has 0 bridgehead atoms. The molecule has 0 aliphatic heterocycles. The molecule has 1 saturated carbocycles. The lowest BCUT2D eigenvalue weighted by Gasteiger charge is -2.12. The molecule has 26 heavy (non-hydrogen) atoms. The maximum atomic E-state index is 12.3. The molecule has 3 N–H and O–H groups in total. The van der Waals surface area contributed by atoms with Gasteiger partial charge in [0.2, 0.25) is 5.91 Å². The molecule has 3 rings (SSSR count). The van der Waals surface area contributed by atoms with Gasteiger partial charge >= 0.3 is 0 Å². The van der Waals surface area contributed by atoms with E-state index in [4.69, 9.17) is 0 Å². The SMILES string of the molecule is CC(=O)c1cccc(NC(=O)CNc2ccccc2C(=O)NC2CC2)c1. The second kappa shape index (κ2) is 7.82. The highest BCUT2D eigenvalue weighted by Crippen LogP contribution is 2.21. The Labute approximate surface area is 152 Å². The highest BCUT2D eigenvalue weighted by atomic mass is 16.2. The topological polar surface area (TPSA) is 87.3 Å². The van der Waals surface area contributed by atoms with Gasteiger partial charge in [0.1, 0.15) is 0 Å². The third-order valence-corrected chi connectivity index (χ3v) is 4.08. The first-order valence-electron chi connectivity index (χ1n) is 8.57. The number of hydrogen-bond acceptors (Lipinski definition) is 4. The first-order chi connectivity index (χ1) is 12.5. The lowest BCUT2D eigenvalue weighted by atomic mass is 10.1. The fourth-order valence-corrected chi connectivity index (χ4v) is 2.52. The first-order valence-corrected chi connectivity index (χ1v) is 8.57. The van der Waals surface area contributed by atoms with Crippen molar-refractivity contribution in [2.75, 3.05) is 17.2 Å². The summed E-state index contributed by atoms with van der Waals surface area (Å²) >= 11 is 0. The van der Waals surface area contributed by atoms with Crippen molar-refractivity contribution in [3.63, 3.8) is 0 Å². The summed E-state index contributed by atoms with van der Waals surface area (Å²) < 4.78 is 0. The molecule has 134 valence electrons. The lowest BCUT2D eigenvalue weighted by molar-refractivity contribution is -0.114. The molecule has 0 heterocycles. The molecular weight excluding hydrogens is 330 g/mol. The molecule has 0 saturated heterocycles. The zero-order valence-electron chi connectivity index (χ0n) is 14.5. The number of rotatable bonds is 7. The van der Waals surface area contributed by atoms with E-state index in [1.54, 1.807) is 42.5 Å². The van der Waals surface area contributed by atoms with Gasteiger partial charge in [-0.1, -0.05) is 24.3 Å². The molecule has 0 unspecified atom stereocenters. The number of carbonyl (C=O) groups is 3. The third kappa shape index (κ3) is 4.69. The van der Waals surface area contributed by atoms with Crippen molar-refractivity contribution in [3.8, 4) is 0 Å². The predicted octanol–water partition coefficient (Wildman–Crippen LogP) is 2.83. The second-order valence-corrected chi connectivity index (χ2v) is 6.33. The van der Waals surface area contributed by atoms with Crippen LogP contribution in [0.25, 0.3) is 0 Å². The van der Waals surface area contributed by atoms with Crippen LogP contribution in [-0.4, -0.2) is 30.2 Å². The van der Waals surface area contributed by atoms with Crippen LogP contribution in [0.1, 0.15) is 40.5 Å². The Kier molecular flexibility index (Phi) is 5.31. The number of amides is 2. The average Bonchev–Trinajstić information content (AvgIpc) is 3.44. The fraction of sp³-hybridized carbons (Fsp3) is 0.250. The van der Waals surface area contributed by atoms with Gasteiger partial charge in [-0.3, -0.25) is 14.4 Å². The van der Waals surface area contributed by atoms with Crippen molar-refractivity contribution >= 4 is 29.0 Å². The molecule has 0 spiro atoms. The molecule has 0 atom stereocenters. The zero-order chi connectivity index (χ0) is 18.5. The van der Waals surface area contributed by atoms with Crippen molar-refractivity contribution in [1.82, 2.24) is 5.32 Å². The van der Waals surface area contributed by atoms with Gasteiger partial charge in [-0.25, -0.2) is 0 Å². The van der Waals surface area contributed by atoms with E-state index in [-0.39, 0.29) is 30.2 Å². The van der Waals surface area contributed by atoms with E-state index in [1.807, 2.05) is 6.07 Å². The van der Waals surface area contributed by atoms with Gasteiger partial charge < -0.3 is 16.0 Å². The Morgan fingerprint density at radius 1 is 1.04 bits per heavy atom. The zero-order valence-corrected chi connectivity index (χ0v) is 14.5. The van der Waals surface area contributed by atoms with Crippen LogP contribution >= 0.6 is 0 Å². The van der Waals surface area contributed by atoms with E-state index in [1.165, 1.54) is 6.92 Å². The summed E-state index contributed by atoms with van der Waals surface area (Å²) in [4.78, 5) is 35.9. The van der Waals surface area contributed by atoms with Crippen LogP contribution in [0.4, 0.5) is 11.4 Å². The number of Topliss-reactive ketones (excluding diaryl/α,β-unsaturated/α-hetero) is 1. The number of para-hydroxylation sites is 1. The molecule has 1 aliphatic rings. The van der Waals surface area contributed by atoms with Gasteiger partial charge in [-0.05, 0) is 44.0 Å². The third-order valence-electron chi connectivity index (χ3n) is 4.08. The molecule has 2 aromatic rings. The monoisotopic (exact) mass is 351 g/mol. The number of carbonyl (C=O) groups excluding carboxylic acids is 3. The summed E-state index contributed by atoms with van der Waals surface area (Å²) in [6, 6.07) is 14.2. The van der Waals surface area contributed by atoms with Crippen LogP contribution in [0.15, 0.2) is 48.5 Å². The van der Waals surface area contributed by atoms with Crippen LogP contribution in [0.2, 0.25) is 0 Å². The van der Waals surface area contributed by atoms with Crippen molar-refractivity contribution in [2.45, 2.75) is 25.8 Å². The summed E-state index contributed by atoms with van der Waals surface area (Å²) in [6.45, 7) is 1.49. The van der Waals surface area contributed by atoms with Crippen LogP contribution in [0.5, 0.6) is 0 Å². The summed E-state index contributed by atoms with van der Waals surface area (Å²) in [5.41, 5.74) is 2.23. The van der Waals surface area contributed by atoms with Crippen molar-refractivity contribution in [1.29, 1.82) is 0 Å². The van der Waals surface area contributed by atoms with Crippen LogP contribution < -0.4 is 16.0 Å². The Bertz CT molecular complexity index is 844. The number of hydrogen-bond donors (Lipinski definition) is 3. The van der Waals surface area contributed by atoms with Crippen molar-refractivity contribution in [3.05, 3.63) is 59.7 Å². The Morgan fingerprint density at radius 2 is 1.81 bits per heavy atom. The molecule has 6 nitrogen and oxygen atoms in total.